The Hall–Kier alpha value is -1.29. The van der Waals surface area contributed by atoms with E-state index in [1.165, 1.54) is 0 Å². The minimum absolute atomic E-state index is 0.134. The van der Waals surface area contributed by atoms with Crippen molar-refractivity contribution in [2.75, 3.05) is 37.7 Å². The van der Waals surface area contributed by atoms with E-state index >= 15 is 4.39 Å². The van der Waals surface area contributed by atoms with Crippen LogP contribution in [0.25, 0.3) is 10.9 Å². The lowest BCUT2D eigenvalue weighted by Crippen LogP contribution is -2.51. The van der Waals surface area contributed by atoms with Crippen molar-refractivity contribution in [1.82, 2.24) is 20.2 Å². The number of ether oxygens (including phenoxy) is 1. The molecule has 1 aromatic carbocycles. The highest BCUT2D eigenvalue weighted by molar-refractivity contribution is 9.10. The summed E-state index contributed by atoms with van der Waals surface area (Å²) in [5, 5.41) is 4.47. The smallest absolute Gasteiger partial charge is 0.319 e. The Bertz CT molecular complexity index is 1060. The van der Waals surface area contributed by atoms with E-state index in [0.29, 0.717) is 42.9 Å². The van der Waals surface area contributed by atoms with Gasteiger partial charge in [0, 0.05) is 43.5 Å². The summed E-state index contributed by atoms with van der Waals surface area (Å²) in [5.41, 5.74) is -0.131. The molecule has 32 heavy (non-hydrogen) atoms. The van der Waals surface area contributed by atoms with Crippen LogP contribution in [0.1, 0.15) is 32.1 Å². The lowest BCUT2D eigenvalue weighted by molar-refractivity contribution is 0.107. The van der Waals surface area contributed by atoms with Gasteiger partial charge in [-0.1, -0.05) is 11.6 Å². The van der Waals surface area contributed by atoms with Crippen LogP contribution in [0.3, 0.4) is 0 Å². The van der Waals surface area contributed by atoms with E-state index in [0.717, 1.165) is 45.3 Å². The molecule has 172 valence electrons. The van der Waals surface area contributed by atoms with E-state index in [4.69, 9.17) is 21.3 Å². The molecule has 2 aromatic rings. The molecule has 0 spiro atoms. The summed E-state index contributed by atoms with van der Waals surface area (Å²) in [4.78, 5) is 13.5. The molecular weight excluding hydrogens is 504 g/mol. The quantitative estimate of drug-likeness (QED) is 0.604. The summed E-state index contributed by atoms with van der Waals surface area (Å²) < 4.78 is 35.6. The standard InChI is InChI=1S/C22H25BrClF2N5O/c23-17-16(24)6-15-19(18(17)26)28-21(29-20(15)30-9-13-2-3-14(10-30)27-13)32-11-22-4-1-5-31(22)8-12(25)7-22/h6,12-14,27H,1-5,7-11H2/t12-,13?,14?,22+/m0/s1. The monoisotopic (exact) mass is 527 g/mol. The Morgan fingerprint density at radius 2 is 2.03 bits per heavy atom. The first kappa shape index (κ1) is 21.3. The first-order valence-corrected chi connectivity index (χ1v) is 12.5. The van der Waals surface area contributed by atoms with Crippen molar-refractivity contribution in [3.05, 3.63) is 21.4 Å². The largest absolute Gasteiger partial charge is 0.461 e. The van der Waals surface area contributed by atoms with Gasteiger partial charge in [-0.3, -0.25) is 4.90 Å². The van der Waals surface area contributed by atoms with Gasteiger partial charge in [0.25, 0.3) is 0 Å². The van der Waals surface area contributed by atoms with Crippen LogP contribution in [0.4, 0.5) is 14.6 Å². The fraction of sp³-hybridized carbons (Fsp3) is 0.636. The number of fused-ring (bicyclic) bond motifs is 4. The Morgan fingerprint density at radius 3 is 2.81 bits per heavy atom. The van der Waals surface area contributed by atoms with E-state index in [1.54, 1.807) is 6.07 Å². The van der Waals surface area contributed by atoms with Crippen molar-refractivity contribution in [3.63, 3.8) is 0 Å². The third-order valence-corrected chi connectivity index (χ3v) is 8.83. The summed E-state index contributed by atoms with van der Waals surface area (Å²) in [5.74, 6) is 0.122. The molecule has 4 fully saturated rings. The zero-order chi connectivity index (χ0) is 22.0. The molecule has 5 heterocycles. The highest BCUT2D eigenvalue weighted by atomic mass is 79.9. The molecule has 0 amide bonds. The van der Waals surface area contributed by atoms with Gasteiger partial charge in [0.15, 0.2) is 5.82 Å². The van der Waals surface area contributed by atoms with Gasteiger partial charge in [0.1, 0.15) is 24.1 Å². The molecule has 6 rings (SSSR count). The molecule has 4 atom stereocenters. The van der Waals surface area contributed by atoms with Gasteiger partial charge >= 0.3 is 6.01 Å². The second-order valence-electron chi connectivity index (χ2n) is 9.62. The summed E-state index contributed by atoms with van der Waals surface area (Å²) in [6.45, 7) is 3.23. The number of rotatable bonds is 4. The van der Waals surface area contributed by atoms with Crippen molar-refractivity contribution in [1.29, 1.82) is 0 Å². The van der Waals surface area contributed by atoms with Crippen LogP contribution in [0.5, 0.6) is 6.01 Å². The maximum atomic E-state index is 15.2. The molecule has 2 bridgehead atoms. The second-order valence-corrected chi connectivity index (χ2v) is 10.8. The maximum absolute atomic E-state index is 15.2. The van der Waals surface area contributed by atoms with Crippen LogP contribution < -0.4 is 15.0 Å². The van der Waals surface area contributed by atoms with Crippen molar-refractivity contribution in [2.45, 2.75) is 55.9 Å². The molecule has 2 unspecified atom stereocenters. The van der Waals surface area contributed by atoms with Crippen molar-refractivity contribution in [3.8, 4) is 6.01 Å². The SMILES string of the molecule is Fc1c(Br)c(Cl)cc2c(N3CC4CCC(C3)N4)nc(OC[C@]34CCCN3C[C@@H](F)C4)nc12. The van der Waals surface area contributed by atoms with Gasteiger partial charge in [-0.15, -0.1) is 0 Å². The number of anilines is 1. The summed E-state index contributed by atoms with van der Waals surface area (Å²) >= 11 is 9.52. The zero-order valence-corrected chi connectivity index (χ0v) is 19.9. The third kappa shape index (κ3) is 3.47. The number of aromatic nitrogens is 2. The molecule has 4 aliphatic heterocycles. The number of nitrogens with zero attached hydrogens (tertiary/aromatic N) is 4. The highest BCUT2D eigenvalue weighted by Gasteiger charge is 2.49. The number of nitrogens with one attached hydrogen (secondary N) is 1. The van der Waals surface area contributed by atoms with Gasteiger partial charge in [-0.25, -0.2) is 8.78 Å². The minimum atomic E-state index is -0.834. The van der Waals surface area contributed by atoms with Crippen molar-refractivity contribution < 1.29 is 13.5 Å². The van der Waals surface area contributed by atoms with Gasteiger partial charge in [-0.05, 0) is 54.2 Å². The summed E-state index contributed by atoms with van der Waals surface area (Å²) in [6.07, 6.45) is 3.80. The maximum Gasteiger partial charge on any atom is 0.319 e. The third-order valence-electron chi connectivity index (χ3n) is 7.53. The number of hydrogen-bond acceptors (Lipinski definition) is 6. The molecule has 1 aromatic heterocycles. The Kier molecular flexibility index (Phi) is 5.24. The van der Waals surface area contributed by atoms with E-state index in [9.17, 15) is 4.39 Å². The van der Waals surface area contributed by atoms with E-state index < -0.39 is 12.0 Å². The second kappa shape index (κ2) is 7.89. The highest BCUT2D eigenvalue weighted by Crippen LogP contribution is 2.41. The predicted octanol–water partition coefficient (Wildman–Crippen LogP) is 4.08. The molecular formula is C22H25BrClF2N5O. The number of benzene rings is 1. The number of halogens is 4. The lowest BCUT2D eigenvalue weighted by atomic mass is 9.95. The van der Waals surface area contributed by atoms with E-state index in [1.807, 2.05) is 0 Å². The normalized spacial score (nSPS) is 32.1. The number of piperazine rings is 1. The van der Waals surface area contributed by atoms with Gasteiger partial charge in [-0.2, -0.15) is 9.97 Å². The van der Waals surface area contributed by atoms with Crippen molar-refractivity contribution in [2.24, 2.45) is 0 Å². The van der Waals surface area contributed by atoms with Crippen LogP contribution in [0.2, 0.25) is 5.02 Å². The minimum Gasteiger partial charge on any atom is -0.461 e. The fourth-order valence-electron chi connectivity index (χ4n) is 6.06. The van der Waals surface area contributed by atoms with E-state index in [2.05, 4.69) is 36.0 Å². The molecule has 1 N–H and O–H groups in total. The first-order valence-electron chi connectivity index (χ1n) is 11.3. The Morgan fingerprint density at radius 1 is 1.25 bits per heavy atom. The molecule has 6 nitrogen and oxygen atoms in total. The summed E-state index contributed by atoms with van der Waals surface area (Å²) in [6, 6.07) is 2.64. The Balaban J connectivity index is 1.38. The van der Waals surface area contributed by atoms with Crippen molar-refractivity contribution >= 4 is 44.3 Å². The molecule has 0 saturated carbocycles. The average molecular weight is 529 g/mol. The van der Waals surface area contributed by atoms with Crippen LogP contribution in [0.15, 0.2) is 10.5 Å². The van der Waals surface area contributed by atoms with Crippen LogP contribution in [-0.2, 0) is 0 Å². The van der Waals surface area contributed by atoms with Crippen LogP contribution in [0, 0.1) is 5.82 Å². The number of hydrogen-bond donors (Lipinski definition) is 1. The van der Waals surface area contributed by atoms with E-state index in [-0.39, 0.29) is 26.6 Å². The van der Waals surface area contributed by atoms with Crippen LogP contribution in [-0.4, -0.2) is 71.4 Å². The molecule has 4 saturated heterocycles. The first-order chi connectivity index (χ1) is 15.4. The van der Waals surface area contributed by atoms with Gasteiger partial charge < -0.3 is 15.0 Å². The fourth-order valence-corrected chi connectivity index (χ4v) is 6.55. The predicted molar refractivity (Wildman–Crippen MR) is 123 cm³/mol. The van der Waals surface area contributed by atoms with Crippen LogP contribution >= 0.6 is 27.5 Å². The van der Waals surface area contributed by atoms with Gasteiger partial charge in [0.2, 0.25) is 0 Å². The molecule has 0 aliphatic carbocycles. The molecule has 10 heteroatoms. The van der Waals surface area contributed by atoms with Gasteiger partial charge in [0.05, 0.1) is 15.0 Å². The topological polar surface area (TPSA) is 53.5 Å². The number of alkyl halides is 1. The molecule has 4 aliphatic rings. The molecule has 0 radical (unpaired) electrons. The lowest BCUT2D eigenvalue weighted by Gasteiger charge is -2.34. The zero-order valence-electron chi connectivity index (χ0n) is 17.6. The summed E-state index contributed by atoms with van der Waals surface area (Å²) in [7, 11) is 0. The Labute approximate surface area is 198 Å². The average Bonchev–Trinajstić information content (AvgIpc) is 3.41.